The molecule has 1 fully saturated rings. The van der Waals surface area contributed by atoms with Gasteiger partial charge < -0.3 is 14.9 Å². The Labute approximate surface area is 118 Å². The van der Waals surface area contributed by atoms with E-state index >= 15 is 0 Å². The van der Waals surface area contributed by atoms with Gasteiger partial charge in [0.25, 0.3) is 0 Å². The van der Waals surface area contributed by atoms with Gasteiger partial charge in [-0.25, -0.2) is 0 Å². The van der Waals surface area contributed by atoms with E-state index in [0.29, 0.717) is 11.8 Å². The van der Waals surface area contributed by atoms with E-state index in [1.165, 1.54) is 11.1 Å². The lowest BCUT2D eigenvalue weighted by atomic mass is 9.66. The van der Waals surface area contributed by atoms with Crippen LogP contribution in [0, 0.1) is 0 Å². The van der Waals surface area contributed by atoms with Crippen molar-refractivity contribution in [2.24, 2.45) is 0 Å². The van der Waals surface area contributed by atoms with Crippen molar-refractivity contribution in [3.05, 3.63) is 35.4 Å². The van der Waals surface area contributed by atoms with Gasteiger partial charge in [0.05, 0.1) is 13.2 Å². The molecule has 0 amide bonds. The van der Waals surface area contributed by atoms with Crippen LogP contribution in [-0.2, 0) is 12.0 Å². The maximum absolute atomic E-state index is 9.99. The lowest BCUT2D eigenvalue weighted by Crippen LogP contribution is -2.49. The summed E-state index contributed by atoms with van der Waals surface area (Å²) < 4.78 is 5.28. The van der Waals surface area contributed by atoms with Crippen LogP contribution < -0.4 is 4.74 Å². The molecule has 0 saturated carbocycles. The number of ether oxygens (including phenoxy) is 1. The maximum atomic E-state index is 9.99. The van der Waals surface area contributed by atoms with Crippen LogP contribution in [-0.4, -0.2) is 40.9 Å². The number of rotatable bonds is 1. The minimum atomic E-state index is -0.339. The Morgan fingerprint density at radius 1 is 1.40 bits per heavy atom. The molecule has 106 valence electrons. The van der Waals surface area contributed by atoms with Crippen molar-refractivity contribution < 1.29 is 14.9 Å². The SMILES string of the molecule is COc1cc2c(cc1O)CN1CCC23C=C[C@@H](O)CC13. The zero-order valence-electron chi connectivity index (χ0n) is 11.5. The first kappa shape index (κ1) is 12.2. The number of phenolic OH excluding ortho intramolecular Hbond substituents is 1. The summed E-state index contributed by atoms with van der Waals surface area (Å²) in [6.45, 7) is 1.89. The molecule has 4 rings (SSSR count). The average molecular weight is 273 g/mol. The van der Waals surface area contributed by atoms with E-state index in [1.807, 2.05) is 18.2 Å². The van der Waals surface area contributed by atoms with Crippen molar-refractivity contribution in [1.82, 2.24) is 4.90 Å². The van der Waals surface area contributed by atoms with Crippen molar-refractivity contribution >= 4 is 0 Å². The van der Waals surface area contributed by atoms with Gasteiger partial charge in [0.1, 0.15) is 0 Å². The number of methoxy groups -OCH3 is 1. The topological polar surface area (TPSA) is 52.9 Å². The molecule has 1 saturated heterocycles. The molecule has 3 aliphatic rings. The average Bonchev–Trinajstić information content (AvgIpc) is 2.71. The highest BCUT2D eigenvalue weighted by molar-refractivity contribution is 5.54. The minimum Gasteiger partial charge on any atom is -0.504 e. The third-order valence-corrected chi connectivity index (χ3v) is 5.21. The van der Waals surface area contributed by atoms with E-state index in [2.05, 4.69) is 11.0 Å². The summed E-state index contributed by atoms with van der Waals surface area (Å²) in [6.07, 6.45) is 5.63. The van der Waals surface area contributed by atoms with Gasteiger partial charge in [-0.3, -0.25) is 4.90 Å². The lowest BCUT2D eigenvalue weighted by molar-refractivity contribution is 0.110. The van der Waals surface area contributed by atoms with Gasteiger partial charge in [0, 0.05) is 24.5 Å². The quantitative estimate of drug-likeness (QED) is 0.762. The number of fused-ring (bicyclic) bond motifs is 1. The fourth-order valence-corrected chi connectivity index (χ4v) is 4.27. The summed E-state index contributed by atoms with van der Waals surface area (Å²) in [5.74, 6) is 0.748. The van der Waals surface area contributed by atoms with Gasteiger partial charge in [-0.15, -0.1) is 0 Å². The molecule has 1 aromatic rings. The van der Waals surface area contributed by atoms with Crippen LogP contribution in [0.3, 0.4) is 0 Å². The van der Waals surface area contributed by atoms with Crippen LogP contribution in [0.2, 0.25) is 0 Å². The van der Waals surface area contributed by atoms with E-state index in [9.17, 15) is 10.2 Å². The second-order valence-corrected chi connectivity index (χ2v) is 6.12. The van der Waals surface area contributed by atoms with Gasteiger partial charge in [-0.1, -0.05) is 12.2 Å². The summed E-state index contributed by atoms with van der Waals surface area (Å²) >= 11 is 0. The van der Waals surface area contributed by atoms with Crippen LogP contribution in [0.4, 0.5) is 0 Å². The molecule has 2 heterocycles. The molecule has 3 unspecified atom stereocenters. The first-order valence-corrected chi connectivity index (χ1v) is 7.16. The van der Waals surface area contributed by atoms with Crippen molar-refractivity contribution in [1.29, 1.82) is 0 Å². The smallest absolute Gasteiger partial charge is 0.160 e. The number of nitrogens with zero attached hydrogens (tertiary/aromatic N) is 1. The summed E-state index contributed by atoms with van der Waals surface area (Å²) in [4.78, 5) is 2.43. The third-order valence-electron chi connectivity index (χ3n) is 5.21. The normalized spacial score (nSPS) is 37.4. The Balaban J connectivity index is 1.93. The monoisotopic (exact) mass is 273 g/mol. The number of aliphatic hydroxyl groups excluding tert-OH is 1. The predicted octanol–water partition coefficient (Wildman–Crippen LogP) is 1.55. The zero-order valence-corrected chi connectivity index (χ0v) is 11.5. The van der Waals surface area contributed by atoms with Crippen molar-refractivity contribution in [2.75, 3.05) is 13.7 Å². The van der Waals surface area contributed by atoms with E-state index in [0.717, 1.165) is 25.9 Å². The molecule has 2 aliphatic heterocycles. The van der Waals surface area contributed by atoms with Crippen LogP contribution in [0.15, 0.2) is 24.3 Å². The molecule has 1 aromatic carbocycles. The lowest BCUT2D eigenvalue weighted by Gasteiger charge is -2.45. The molecule has 0 aromatic heterocycles. The Morgan fingerprint density at radius 3 is 3.05 bits per heavy atom. The first-order valence-electron chi connectivity index (χ1n) is 7.16. The van der Waals surface area contributed by atoms with Crippen LogP contribution >= 0.6 is 0 Å². The van der Waals surface area contributed by atoms with Crippen molar-refractivity contribution in [3.63, 3.8) is 0 Å². The van der Waals surface area contributed by atoms with Gasteiger partial charge in [-0.05, 0) is 36.1 Å². The highest BCUT2D eigenvalue weighted by Crippen LogP contribution is 2.52. The number of aromatic hydroxyl groups is 1. The summed E-state index contributed by atoms with van der Waals surface area (Å²) in [5, 5.41) is 19.9. The summed E-state index contributed by atoms with van der Waals surface area (Å²) in [6, 6.07) is 4.19. The van der Waals surface area contributed by atoms with Gasteiger partial charge in [-0.2, -0.15) is 0 Å². The number of aliphatic hydroxyl groups is 1. The molecule has 1 aliphatic carbocycles. The Bertz CT molecular complexity index is 598. The fraction of sp³-hybridized carbons (Fsp3) is 0.500. The number of benzene rings is 1. The number of phenols is 1. The molecule has 4 atom stereocenters. The van der Waals surface area contributed by atoms with Crippen molar-refractivity contribution in [2.45, 2.75) is 36.9 Å². The van der Waals surface area contributed by atoms with Gasteiger partial charge in [0.15, 0.2) is 11.5 Å². The van der Waals surface area contributed by atoms with E-state index < -0.39 is 0 Å². The molecular weight excluding hydrogens is 254 g/mol. The molecule has 2 N–H and O–H groups in total. The second-order valence-electron chi connectivity index (χ2n) is 6.12. The molecule has 4 nitrogen and oxygen atoms in total. The molecule has 2 bridgehead atoms. The minimum absolute atomic E-state index is 0.0200. The summed E-state index contributed by atoms with van der Waals surface area (Å²) in [5.41, 5.74) is 2.42. The highest BCUT2D eigenvalue weighted by Gasteiger charge is 2.52. The zero-order chi connectivity index (χ0) is 13.9. The maximum Gasteiger partial charge on any atom is 0.160 e. The molecule has 0 radical (unpaired) electrons. The standard InChI is InChI=1S/C16H19NO3/c1-20-14-8-12-10(6-13(14)19)9-17-5-4-16(12)3-2-11(18)7-15(16)17/h2-3,6,8,11,15,18-19H,4-5,7,9H2,1H3/t11-,15?,16?/m1/s1. The second kappa shape index (κ2) is 3.99. The van der Waals surface area contributed by atoms with E-state index in [-0.39, 0.29) is 17.3 Å². The molecule has 20 heavy (non-hydrogen) atoms. The summed E-state index contributed by atoms with van der Waals surface area (Å²) in [7, 11) is 1.58. The van der Waals surface area contributed by atoms with Crippen molar-refractivity contribution in [3.8, 4) is 11.5 Å². The first-order chi connectivity index (χ1) is 9.64. The number of hydrogen-bond acceptors (Lipinski definition) is 4. The van der Waals surface area contributed by atoms with Gasteiger partial charge >= 0.3 is 0 Å². The van der Waals surface area contributed by atoms with Crippen LogP contribution in [0.25, 0.3) is 0 Å². The third kappa shape index (κ3) is 1.43. The molecule has 0 spiro atoms. The largest absolute Gasteiger partial charge is 0.504 e. The van der Waals surface area contributed by atoms with E-state index in [1.54, 1.807) is 7.11 Å². The fourth-order valence-electron chi connectivity index (χ4n) is 4.27. The Morgan fingerprint density at radius 2 is 2.25 bits per heavy atom. The highest BCUT2D eigenvalue weighted by atomic mass is 16.5. The Kier molecular flexibility index (Phi) is 2.44. The number of hydrogen-bond donors (Lipinski definition) is 2. The molecule has 4 heteroatoms. The van der Waals surface area contributed by atoms with Gasteiger partial charge in [0.2, 0.25) is 0 Å². The molecular formula is C16H19NO3. The predicted molar refractivity (Wildman–Crippen MR) is 74.9 cm³/mol. The Hall–Kier alpha value is -1.52. The van der Waals surface area contributed by atoms with Crippen LogP contribution in [0.1, 0.15) is 24.0 Å². The van der Waals surface area contributed by atoms with Crippen LogP contribution in [0.5, 0.6) is 11.5 Å². The van der Waals surface area contributed by atoms with E-state index in [4.69, 9.17) is 4.74 Å².